The molecule has 0 radical (unpaired) electrons. The Morgan fingerprint density at radius 1 is 0.800 bits per heavy atom. The van der Waals surface area contributed by atoms with E-state index in [0.29, 0.717) is 23.7 Å². The van der Waals surface area contributed by atoms with Crippen LogP contribution in [0.15, 0.2) is 78.9 Å². The first kappa shape index (κ1) is 16.8. The van der Waals surface area contributed by atoms with Gasteiger partial charge in [0.15, 0.2) is 0 Å². The average molecular weight is 332 g/mol. The molecule has 0 fully saturated rings. The largest absolute Gasteiger partial charge is 0.493 e. The van der Waals surface area contributed by atoms with Crippen molar-refractivity contribution in [3.63, 3.8) is 0 Å². The molecule has 0 N–H and O–H groups in total. The molecular formula is C22H20O3. The maximum Gasteiger partial charge on any atom is 0.347 e. The number of carbonyl (C=O) groups excluding carboxylic acids is 1. The van der Waals surface area contributed by atoms with Crippen molar-refractivity contribution in [1.82, 2.24) is 0 Å². The lowest BCUT2D eigenvalue weighted by Gasteiger charge is -2.10. The Kier molecular flexibility index (Phi) is 5.47. The van der Waals surface area contributed by atoms with Gasteiger partial charge in [0.05, 0.1) is 6.61 Å². The van der Waals surface area contributed by atoms with Gasteiger partial charge in [-0.05, 0) is 41.8 Å². The summed E-state index contributed by atoms with van der Waals surface area (Å²) in [6.07, 6.45) is 0.879. The normalized spacial score (nSPS) is 10.3. The molecule has 0 aromatic heterocycles. The summed E-state index contributed by atoms with van der Waals surface area (Å²) in [5.74, 6) is 0.643. The fraction of sp³-hybridized carbons (Fsp3) is 0.136. The lowest BCUT2D eigenvalue weighted by molar-refractivity contribution is 0.0730. The lowest BCUT2D eigenvalue weighted by Crippen LogP contribution is -2.11. The number of esters is 1. The summed E-state index contributed by atoms with van der Waals surface area (Å²) in [5, 5.41) is 0. The van der Waals surface area contributed by atoms with Crippen LogP contribution in [0.1, 0.15) is 23.7 Å². The van der Waals surface area contributed by atoms with Crippen molar-refractivity contribution in [2.24, 2.45) is 0 Å². The SMILES string of the molecule is CCCOc1ccccc1C(=O)Oc1ccc(-c2ccccc2)cc1. The number of ether oxygens (including phenoxy) is 2. The molecule has 0 aliphatic heterocycles. The van der Waals surface area contributed by atoms with Gasteiger partial charge in [0.2, 0.25) is 0 Å². The molecule has 0 spiro atoms. The van der Waals surface area contributed by atoms with Gasteiger partial charge in [-0.15, -0.1) is 0 Å². The van der Waals surface area contributed by atoms with Crippen molar-refractivity contribution in [3.05, 3.63) is 84.4 Å². The van der Waals surface area contributed by atoms with Crippen LogP contribution in [0.3, 0.4) is 0 Å². The summed E-state index contributed by atoms with van der Waals surface area (Å²) in [4.78, 5) is 12.5. The zero-order valence-electron chi connectivity index (χ0n) is 14.1. The molecule has 0 heterocycles. The molecule has 3 heteroatoms. The Labute approximate surface area is 147 Å². The van der Waals surface area contributed by atoms with Gasteiger partial charge in [0.25, 0.3) is 0 Å². The molecule has 3 aromatic rings. The Morgan fingerprint density at radius 2 is 1.44 bits per heavy atom. The third-order valence-corrected chi connectivity index (χ3v) is 3.74. The predicted octanol–water partition coefficient (Wildman–Crippen LogP) is 5.36. The van der Waals surface area contributed by atoms with Gasteiger partial charge in [0.1, 0.15) is 17.1 Å². The molecule has 0 atom stereocenters. The van der Waals surface area contributed by atoms with Crippen LogP contribution in [0.4, 0.5) is 0 Å². The predicted molar refractivity (Wildman–Crippen MR) is 99.1 cm³/mol. The molecule has 0 amide bonds. The van der Waals surface area contributed by atoms with E-state index in [2.05, 4.69) is 0 Å². The Bertz CT molecular complexity index is 823. The minimum atomic E-state index is -0.417. The van der Waals surface area contributed by atoms with Crippen molar-refractivity contribution in [2.45, 2.75) is 13.3 Å². The Balaban J connectivity index is 1.73. The third kappa shape index (κ3) is 4.27. The van der Waals surface area contributed by atoms with E-state index in [4.69, 9.17) is 9.47 Å². The van der Waals surface area contributed by atoms with Crippen molar-refractivity contribution < 1.29 is 14.3 Å². The second-order valence-electron chi connectivity index (χ2n) is 5.62. The molecule has 0 aliphatic carbocycles. The van der Waals surface area contributed by atoms with Gasteiger partial charge < -0.3 is 9.47 Å². The number of hydrogen-bond donors (Lipinski definition) is 0. The highest BCUT2D eigenvalue weighted by Crippen LogP contribution is 2.24. The van der Waals surface area contributed by atoms with Crippen LogP contribution in [0.5, 0.6) is 11.5 Å². The first-order valence-electron chi connectivity index (χ1n) is 8.37. The van der Waals surface area contributed by atoms with Crippen molar-refractivity contribution in [2.75, 3.05) is 6.61 Å². The molecule has 0 saturated heterocycles. The second-order valence-corrected chi connectivity index (χ2v) is 5.62. The lowest BCUT2D eigenvalue weighted by atomic mass is 10.1. The van der Waals surface area contributed by atoms with Crippen LogP contribution in [-0.2, 0) is 0 Å². The van der Waals surface area contributed by atoms with Gasteiger partial charge in [0, 0.05) is 0 Å². The molecule has 3 rings (SSSR count). The molecule has 126 valence electrons. The summed E-state index contributed by atoms with van der Waals surface area (Å²) in [5.41, 5.74) is 2.63. The topological polar surface area (TPSA) is 35.5 Å². The van der Waals surface area contributed by atoms with E-state index in [1.54, 1.807) is 30.3 Å². The number of hydrogen-bond acceptors (Lipinski definition) is 3. The van der Waals surface area contributed by atoms with Crippen LogP contribution < -0.4 is 9.47 Å². The molecule has 3 aromatic carbocycles. The van der Waals surface area contributed by atoms with Gasteiger partial charge in [-0.1, -0.05) is 61.5 Å². The zero-order chi connectivity index (χ0) is 17.5. The van der Waals surface area contributed by atoms with Crippen LogP contribution in [-0.4, -0.2) is 12.6 Å². The minimum Gasteiger partial charge on any atom is -0.493 e. The molecular weight excluding hydrogens is 312 g/mol. The number of rotatable bonds is 6. The van der Waals surface area contributed by atoms with E-state index in [1.165, 1.54) is 0 Å². The number of benzene rings is 3. The van der Waals surface area contributed by atoms with Gasteiger partial charge in [-0.25, -0.2) is 4.79 Å². The van der Waals surface area contributed by atoms with Gasteiger partial charge in [-0.3, -0.25) is 0 Å². The first-order valence-corrected chi connectivity index (χ1v) is 8.37. The van der Waals surface area contributed by atoms with E-state index in [-0.39, 0.29) is 0 Å². The van der Waals surface area contributed by atoms with Crippen LogP contribution in [0.2, 0.25) is 0 Å². The average Bonchev–Trinajstić information content (AvgIpc) is 2.68. The summed E-state index contributed by atoms with van der Waals surface area (Å²) >= 11 is 0. The number of carbonyl (C=O) groups is 1. The quantitative estimate of drug-likeness (QED) is 0.450. The van der Waals surface area contributed by atoms with Crippen molar-refractivity contribution >= 4 is 5.97 Å². The van der Waals surface area contributed by atoms with Gasteiger partial charge >= 0.3 is 5.97 Å². The number of para-hydroxylation sites is 1. The fourth-order valence-corrected chi connectivity index (χ4v) is 2.48. The van der Waals surface area contributed by atoms with Gasteiger partial charge in [-0.2, -0.15) is 0 Å². The van der Waals surface area contributed by atoms with E-state index >= 15 is 0 Å². The molecule has 0 unspecified atom stereocenters. The maximum atomic E-state index is 12.5. The third-order valence-electron chi connectivity index (χ3n) is 3.74. The zero-order valence-corrected chi connectivity index (χ0v) is 14.1. The molecule has 25 heavy (non-hydrogen) atoms. The van der Waals surface area contributed by atoms with Crippen LogP contribution >= 0.6 is 0 Å². The van der Waals surface area contributed by atoms with Crippen molar-refractivity contribution in [1.29, 1.82) is 0 Å². The Morgan fingerprint density at radius 3 is 2.16 bits per heavy atom. The Hall–Kier alpha value is -3.07. The summed E-state index contributed by atoms with van der Waals surface area (Å²) in [7, 11) is 0. The highest BCUT2D eigenvalue weighted by atomic mass is 16.5. The van der Waals surface area contributed by atoms with E-state index < -0.39 is 5.97 Å². The molecule has 3 nitrogen and oxygen atoms in total. The maximum absolute atomic E-state index is 12.5. The monoisotopic (exact) mass is 332 g/mol. The smallest absolute Gasteiger partial charge is 0.347 e. The van der Waals surface area contributed by atoms with Crippen molar-refractivity contribution in [3.8, 4) is 22.6 Å². The molecule has 0 aliphatic rings. The summed E-state index contributed by atoms with van der Waals surface area (Å²) in [6.45, 7) is 2.59. The highest BCUT2D eigenvalue weighted by Gasteiger charge is 2.14. The standard InChI is InChI=1S/C22H20O3/c1-2-16-24-21-11-7-6-10-20(21)22(23)25-19-14-12-18(13-15-19)17-8-4-3-5-9-17/h3-15H,2,16H2,1H3. The summed E-state index contributed by atoms with van der Waals surface area (Å²) in [6, 6.07) is 24.7. The van der Waals surface area contributed by atoms with Crippen LogP contribution in [0, 0.1) is 0 Å². The second kappa shape index (κ2) is 8.15. The molecule has 0 bridgehead atoms. The van der Waals surface area contributed by atoms with E-state index in [1.807, 2.05) is 55.5 Å². The molecule has 0 saturated carbocycles. The minimum absolute atomic E-state index is 0.417. The highest BCUT2D eigenvalue weighted by molar-refractivity contribution is 5.94. The fourth-order valence-electron chi connectivity index (χ4n) is 2.48. The first-order chi connectivity index (χ1) is 12.3. The summed E-state index contributed by atoms with van der Waals surface area (Å²) < 4.78 is 11.1. The van der Waals surface area contributed by atoms with Crippen LogP contribution in [0.25, 0.3) is 11.1 Å². The van der Waals surface area contributed by atoms with E-state index in [9.17, 15) is 4.79 Å². The van der Waals surface area contributed by atoms with E-state index in [0.717, 1.165) is 17.5 Å².